The first-order chi connectivity index (χ1) is 13.2. The zero-order valence-electron chi connectivity index (χ0n) is 16.3. The Hall–Kier alpha value is -1.75. The molecule has 5 heteroatoms. The molecule has 0 saturated carbocycles. The minimum absolute atomic E-state index is 0. The fourth-order valence-electron chi connectivity index (χ4n) is 5.03. The number of piperidine rings is 1. The first kappa shape index (κ1) is 19.6. The van der Waals surface area contributed by atoms with Gasteiger partial charge in [-0.25, -0.2) is 0 Å². The minimum atomic E-state index is 0. The molecule has 2 aliphatic heterocycles. The summed E-state index contributed by atoms with van der Waals surface area (Å²) in [6, 6.07) is 20.9. The van der Waals surface area contributed by atoms with Crippen molar-refractivity contribution in [2.24, 2.45) is 0 Å². The molecule has 3 heterocycles. The second-order valence-corrected chi connectivity index (χ2v) is 9.06. The Balaban J connectivity index is 0.00000192. The van der Waals surface area contributed by atoms with Crippen LogP contribution in [0.3, 0.4) is 0 Å². The van der Waals surface area contributed by atoms with Gasteiger partial charge < -0.3 is 0 Å². The first-order valence-electron chi connectivity index (χ1n) is 9.88. The summed E-state index contributed by atoms with van der Waals surface area (Å²) in [7, 11) is 2.31. The molecule has 0 aliphatic carbocycles. The number of benzene rings is 2. The molecular weight excluding hydrogens is 386 g/mol. The molecule has 0 radical (unpaired) electrons. The van der Waals surface area contributed by atoms with Gasteiger partial charge in [-0.05, 0) is 44.7 Å². The van der Waals surface area contributed by atoms with Crippen molar-refractivity contribution in [3.8, 4) is 10.6 Å². The van der Waals surface area contributed by atoms with E-state index in [1.807, 2.05) is 6.07 Å². The predicted octanol–water partition coefficient (Wildman–Crippen LogP) is 5.67. The molecule has 0 amide bonds. The number of rotatable bonds is 3. The second kappa shape index (κ2) is 7.94. The molecule has 2 fully saturated rings. The quantitative estimate of drug-likeness (QED) is 0.556. The third-order valence-corrected chi connectivity index (χ3v) is 7.59. The van der Waals surface area contributed by atoms with Crippen molar-refractivity contribution in [1.82, 2.24) is 15.1 Å². The summed E-state index contributed by atoms with van der Waals surface area (Å²) < 4.78 is 0. The Kier molecular flexibility index (Phi) is 5.55. The largest absolute Gasteiger partial charge is 0.300 e. The number of aromatic nitrogens is 2. The van der Waals surface area contributed by atoms with Crippen LogP contribution in [0, 0.1) is 6.92 Å². The molecule has 5 rings (SSSR count). The molecule has 0 unspecified atom stereocenters. The summed E-state index contributed by atoms with van der Waals surface area (Å²) in [6.45, 7) is 2.16. The highest BCUT2D eigenvalue weighted by Gasteiger charge is 2.47. The van der Waals surface area contributed by atoms with Gasteiger partial charge in [-0.1, -0.05) is 71.5 Å². The van der Waals surface area contributed by atoms with E-state index in [0.717, 1.165) is 5.01 Å². The van der Waals surface area contributed by atoms with E-state index in [9.17, 15) is 0 Å². The van der Waals surface area contributed by atoms with Gasteiger partial charge in [-0.3, -0.25) is 4.90 Å². The fraction of sp³-hybridized carbons (Fsp3) is 0.391. The number of likely N-dealkylation sites (N-methyl/N-ethyl adjacent to an activating group) is 1. The highest BCUT2D eigenvalue weighted by atomic mass is 35.5. The van der Waals surface area contributed by atoms with Gasteiger partial charge in [0.15, 0.2) is 0 Å². The zero-order valence-corrected chi connectivity index (χ0v) is 17.9. The Morgan fingerprint density at radius 1 is 0.964 bits per heavy atom. The summed E-state index contributed by atoms with van der Waals surface area (Å²) in [6.07, 6.45) is 3.81. The number of hydrogen-bond acceptors (Lipinski definition) is 4. The van der Waals surface area contributed by atoms with Crippen molar-refractivity contribution in [2.75, 3.05) is 7.05 Å². The van der Waals surface area contributed by atoms with Crippen LogP contribution >= 0.6 is 23.7 Å². The maximum Gasteiger partial charge on any atom is 0.147 e. The fourth-order valence-corrected chi connectivity index (χ4v) is 6.10. The van der Waals surface area contributed by atoms with Crippen molar-refractivity contribution < 1.29 is 0 Å². The van der Waals surface area contributed by atoms with Gasteiger partial charge in [0, 0.05) is 23.6 Å². The third kappa shape index (κ3) is 3.38. The second-order valence-electron chi connectivity index (χ2n) is 8.05. The van der Waals surface area contributed by atoms with E-state index in [4.69, 9.17) is 5.10 Å². The van der Waals surface area contributed by atoms with E-state index in [-0.39, 0.29) is 12.4 Å². The smallest absolute Gasteiger partial charge is 0.147 e. The molecule has 3 aromatic rings. The Bertz CT molecular complexity index is 925. The van der Waals surface area contributed by atoms with E-state index < -0.39 is 0 Å². The standard InChI is InChI=1S/C23H25N3S.ClH/c1-15-8-10-16(11-9-15)19-14-18-12-13-20(26(18)2)21(19)23-25-24-22(27-23)17-6-4-3-5-7-17;/h3-11,18-21H,12-14H2,1-2H3;1H/t18-,19+,20+,21-;/m0./s1. The topological polar surface area (TPSA) is 29.0 Å². The maximum absolute atomic E-state index is 4.70. The first-order valence-corrected chi connectivity index (χ1v) is 10.7. The summed E-state index contributed by atoms with van der Waals surface area (Å²) in [5.74, 6) is 0.974. The molecule has 0 spiro atoms. The van der Waals surface area contributed by atoms with Gasteiger partial charge >= 0.3 is 0 Å². The zero-order chi connectivity index (χ0) is 18.4. The van der Waals surface area contributed by atoms with Gasteiger partial charge in [0.2, 0.25) is 0 Å². The average molecular weight is 412 g/mol. The molecule has 1 aromatic heterocycles. The van der Waals surface area contributed by atoms with Crippen molar-refractivity contribution in [1.29, 1.82) is 0 Å². The molecule has 0 N–H and O–H groups in total. The van der Waals surface area contributed by atoms with Crippen molar-refractivity contribution in [3.05, 3.63) is 70.7 Å². The minimum Gasteiger partial charge on any atom is -0.300 e. The molecule has 2 bridgehead atoms. The summed E-state index contributed by atoms with van der Waals surface area (Å²) in [5.41, 5.74) is 3.96. The van der Waals surface area contributed by atoms with Crippen LogP contribution in [0.5, 0.6) is 0 Å². The highest BCUT2D eigenvalue weighted by Crippen LogP contribution is 2.51. The van der Waals surface area contributed by atoms with E-state index >= 15 is 0 Å². The lowest BCUT2D eigenvalue weighted by Gasteiger charge is -2.42. The molecule has 2 aromatic carbocycles. The predicted molar refractivity (Wildman–Crippen MR) is 118 cm³/mol. The van der Waals surface area contributed by atoms with Gasteiger partial charge in [0.25, 0.3) is 0 Å². The Morgan fingerprint density at radius 3 is 2.46 bits per heavy atom. The molecule has 28 heavy (non-hydrogen) atoms. The maximum atomic E-state index is 4.70. The van der Waals surface area contributed by atoms with Crippen molar-refractivity contribution >= 4 is 23.7 Å². The van der Waals surface area contributed by atoms with Crippen LogP contribution in [-0.4, -0.2) is 34.2 Å². The van der Waals surface area contributed by atoms with Crippen LogP contribution in [0.2, 0.25) is 0 Å². The summed E-state index contributed by atoms with van der Waals surface area (Å²) in [4.78, 5) is 2.61. The lowest BCUT2D eigenvalue weighted by atomic mass is 9.76. The van der Waals surface area contributed by atoms with E-state index in [1.165, 1.54) is 41.0 Å². The lowest BCUT2D eigenvalue weighted by molar-refractivity contribution is 0.137. The van der Waals surface area contributed by atoms with Crippen LogP contribution < -0.4 is 0 Å². The molecule has 146 valence electrons. The highest BCUT2D eigenvalue weighted by molar-refractivity contribution is 7.14. The lowest BCUT2D eigenvalue weighted by Crippen LogP contribution is -2.44. The Morgan fingerprint density at radius 2 is 1.71 bits per heavy atom. The summed E-state index contributed by atoms with van der Waals surface area (Å²) in [5, 5.41) is 11.5. The molecular formula is C23H26ClN3S. The third-order valence-electron chi connectivity index (χ3n) is 6.52. The number of fused-ring (bicyclic) bond motifs is 2. The molecule has 4 atom stereocenters. The number of halogens is 1. The molecule has 3 nitrogen and oxygen atoms in total. The van der Waals surface area contributed by atoms with Gasteiger partial charge in [-0.15, -0.1) is 22.6 Å². The van der Waals surface area contributed by atoms with E-state index in [2.05, 4.69) is 72.5 Å². The normalized spacial score (nSPS) is 26.8. The van der Waals surface area contributed by atoms with Crippen LogP contribution in [-0.2, 0) is 0 Å². The van der Waals surface area contributed by atoms with Gasteiger partial charge in [0.05, 0.1) is 0 Å². The van der Waals surface area contributed by atoms with Crippen molar-refractivity contribution in [3.63, 3.8) is 0 Å². The van der Waals surface area contributed by atoms with Gasteiger partial charge in [-0.2, -0.15) is 0 Å². The number of aryl methyl sites for hydroxylation is 1. The van der Waals surface area contributed by atoms with E-state index in [1.54, 1.807) is 11.3 Å². The number of nitrogens with zero attached hydrogens (tertiary/aromatic N) is 3. The average Bonchev–Trinajstić information content (AvgIpc) is 3.26. The van der Waals surface area contributed by atoms with Crippen LogP contribution in [0.4, 0.5) is 0 Å². The molecule has 2 aliphatic rings. The Labute approximate surface area is 177 Å². The van der Waals surface area contributed by atoms with Crippen LogP contribution in [0.25, 0.3) is 10.6 Å². The number of hydrogen-bond donors (Lipinski definition) is 0. The molecule has 2 saturated heterocycles. The summed E-state index contributed by atoms with van der Waals surface area (Å²) >= 11 is 1.78. The van der Waals surface area contributed by atoms with Crippen LogP contribution in [0.1, 0.15) is 47.2 Å². The van der Waals surface area contributed by atoms with Crippen LogP contribution in [0.15, 0.2) is 54.6 Å². The monoisotopic (exact) mass is 411 g/mol. The SMILES string of the molecule is Cc1ccc([C@H]2C[C@@H]3CC[C@H]([C@H]2c2nnc(-c4ccccc4)s2)N3C)cc1.Cl. The van der Waals surface area contributed by atoms with Gasteiger partial charge in [0.1, 0.15) is 10.0 Å². The van der Waals surface area contributed by atoms with Crippen molar-refractivity contribution in [2.45, 2.75) is 50.1 Å². The van der Waals surface area contributed by atoms with E-state index in [0.29, 0.717) is 23.9 Å².